The second-order valence-corrected chi connectivity index (χ2v) is 16.5. The Hall–Kier alpha value is -4.70. The van der Waals surface area contributed by atoms with Gasteiger partial charge in [0, 0.05) is 11.8 Å². The normalized spacial score (nSPS) is 32.1. The maximum Gasteiger partial charge on any atom is 0.229 e. The van der Waals surface area contributed by atoms with Crippen LogP contribution >= 0.6 is 0 Å². The van der Waals surface area contributed by atoms with Crippen molar-refractivity contribution in [2.75, 3.05) is 75.7 Å². The molecule has 7 rings (SSSR count). The Balaban J connectivity index is 1.09. The van der Waals surface area contributed by atoms with Crippen LogP contribution in [-0.4, -0.2) is 194 Å². The second kappa shape index (κ2) is 21.9. The molecule has 23 heteroatoms. The van der Waals surface area contributed by atoms with Crippen molar-refractivity contribution in [2.24, 2.45) is 11.8 Å². The average Bonchev–Trinajstić information content (AvgIpc) is 3.98. The van der Waals surface area contributed by atoms with Crippen LogP contribution in [0.4, 0.5) is 0 Å². The third kappa shape index (κ3) is 9.74. The summed E-state index contributed by atoms with van der Waals surface area (Å²) in [6.07, 6.45) is -19.4. The lowest BCUT2D eigenvalue weighted by atomic mass is 9.84. The van der Waals surface area contributed by atoms with E-state index < -0.39 is 106 Å². The van der Waals surface area contributed by atoms with Crippen LogP contribution in [0.3, 0.4) is 0 Å². The largest absolute Gasteiger partial charge is 0.493 e. The van der Waals surface area contributed by atoms with Gasteiger partial charge in [-0.3, -0.25) is 0 Å². The number of benzene rings is 3. The molecule has 68 heavy (non-hydrogen) atoms. The van der Waals surface area contributed by atoms with Gasteiger partial charge in [0.2, 0.25) is 29.8 Å². The molecular weight excluding hydrogens is 908 g/mol. The Morgan fingerprint density at radius 1 is 0.500 bits per heavy atom. The van der Waals surface area contributed by atoms with Gasteiger partial charge in [0.1, 0.15) is 54.9 Å². The molecule has 4 aliphatic heterocycles. The lowest BCUT2D eigenvalue weighted by Gasteiger charge is -2.39. The van der Waals surface area contributed by atoms with Gasteiger partial charge in [0.05, 0.1) is 87.9 Å². The number of aliphatic hydroxyl groups excluding tert-OH is 10. The smallest absolute Gasteiger partial charge is 0.229 e. The summed E-state index contributed by atoms with van der Waals surface area (Å²) in [7, 11) is 8.25. The highest BCUT2D eigenvalue weighted by atomic mass is 16.7. The van der Waals surface area contributed by atoms with Crippen LogP contribution in [0.25, 0.3) is 0 Å². The van der Waals surface area contributed by atoms with E-state index in [0.717, 1.165) is 0 Å². The Morgan fingerprint density at radius 3 is 1.19 bits per heavy atom. The highest BCUT2D eigenvalue weighted by Gasteiger charge is 2.50. The van der Waals surface area contributed by atoms with Gasteiger partial charge in [0.25, 0.3) is 0 Å². The van der Waals surface area contributed by atoms with E-state index in [1.54, 1.807) is 24.3 Å². The SMILES string of the molecule is COc1cc([C@@H](O)[C@H](CO)Oc2c(OC)cc([C@H]3OC[C@@H]4[C@H]3CO[C@H]4c3cc(OC)c(O[C@@H]4O[C@H](CO)[C@@H](O)[C@H](O)[C@H]4O)c(OC)c3)cc2OC)cc(OC)c1O[C@@H]1O[C@H](CO)[C@@H](O)[C@H](O)[C@H]1O. The Bertz CT molecular complexity index is 2080. The molecule has 0 amide bonds. The van der Waals surface area contributed by atoms with Crippen LogP contribution in [0, 0.1) is 11.8 Å². The predicted molar refractivity (Wildman–Crippen MR) is 228 cm³/mol. The number of fused-ring (bicyclic) bond motifs is 1. The summed E-state index contributed by atoms with van der Waals surface area (Å²) in [5.74, 6) is 0.355. The molecule has 0 bridgehead atoms. The molecule has 0 saturated carbocycles. The molecule has 3 aromatic rings. The fraction of sp³-hybridized carbons (Fsp3) is 0.600. The first-order valence-electron chi connectivity index (χ1n) is 21.6. The van der Waals surface area contributed by atoms with Crippen molar-refractivity contribution in [3.8, 4) is 51.7 Å². The molecule has 0 spiro atoms. The van der Waals surface area contributed by atoms with E-state index in [9.17, 15) is 51.1 Å². The topological polar surface area (TPSA) is 322 Å². The zero-order chi connectivity index (χ0) is 49.1. The van der Waals surface area contributed by atoms with Crippen molar-refractivity contribution < 1.29 is 113 Å². The van der Waals surface area contributed by atoms with Gasteiger partial charge >= 0.3 is 0 Å². The van der Waals surface area contributed by atoms with E-state index in [0.29, 0.717) is 11.1 Å². The molecule has 3 aromatic carbocycles. The summed E-state index contributed by atoms with van der Waals surface area (Å²) in [5.41, 5.74) is 1.46. The van der Waals surface area contributed by atoms with Crippen molar-refractivity contribution in [2.45, 2.75) is 85.8 Å². The number of hydrogen-bond acceptors (Lipinski definition) is 23. The molecule has 4 fully saturated rings. The maximum atomic E-state index is 11.7. The number of ether oxygens (including phenoxy) is 13. The molecule has 4 aliphatic rings. The van der Waals surface area contributed by atoms with Crippen LogP contribution in [0.1, 0.15) is 35.0 Å². The van der Waals surface area contributed by atoms with Gasteiger partial charge in [-0.25, -0.2) is 0 Å². The van der Waals surface area contributed by atoms with Gasteiger partial charge in [-0.2, -0.15) is 0 Å². The Kier molecular flexibility index (Phi) is 16.5. The summed E-state index contributed by atoms with van der Waals surface area (Å²) >= 11 is 0. The predicted octanol–water partition coefficient (Wildman–Crippen LogP) is -1.36. The molecule has 378 valence electrons. The van der Waals surface area contributed by atoms with Gasteiger partial charge < -0.3 is 113 Å². The molecule has 16 atom stereocenters. The molecule has 0 unspecified atom stereocenters. The quantitative estimate of drug-likeness (QED) is 0.0664. The fourth-order valence-electron chi connectivity index (χ4n) is 8.91. The van der Waals surface area contributed by atoms with E-state index in [4.69, 9.17) is 61.6 Å². The van der Waals surface area contributed by atoms with E-state index in [1.807, 2.05) is 0 Å². The lowest BCUT2D eigenvalue weighted by molar-refractivity contribution is -0.277. The monoisotopic (exact) mass is 968 g/mol. The van der Waals surface area contributed by atoms with E-state index in [2.05, 4.69) is 0 Å². The summed E-state index contributed by atoms with van der Waals surface area (Å²) in [5, 5.41) is 104. The first-order chi connectivity index (χ1) is 32.7. The van der Waals surface area contributed by atoms with Crippen molar-refractivity contribution in [3.05, 3.63) is 53.1 Å². The number of methoxy groups -OCH3 is 6. The van der Waals surface area contributed by atoms with E-state index >= 15 is 0 Å². The molecule has 0 radical (unpaired) electrons. The highest BCUT2D eigenvalue weighted by Crippen LogP contribution is 2.54. The van der Waals surface area contributed by atoms with Crippen molar-refractivity contribution >= 4 is 0 Å². The summed E-state index contributed by atoms with van der Waals surface area (Å²) < 4.78 is 75.8. The zero-order valence-electron chi connectivity index (χ0n) is 38.0. The fourth-order valence-corrected chi connectivity index (χ4v) is 8.91. The molecule has 10 N–H and O–H groups in total. The van der Waals surface area contributed by atoms with E-state index in [1.165, 1.54) is 54.8 Å². The third-order valence-corrected chi connectivity index (χ3v) is 12.7. The van der Waals surface area contributed by atoms with E-state index in [-0.39, 0.29) is 82.4 Å². The summed E-state index contributed by atoms with van der Waals surface area (Å²) in [6, 6.07) is 9.52. The summed E-state index contributed by atoms with van der Waals surface area (Å²) in [6.45, 7) is -1.45. The van der Waals surface area contributed by atoms with Crippen molar-refractivity contribution in [1.82, 2.24) is 0 Å². The number of rotatable bonds is 19. The van der Waals surface area contributed by atoms with Crippen molar-refractivity contribution in [1.29, 1.82) is 0 Å². The van der Waals surface area contributed by atoms with Gasteiger partial charge in [-0.15, -0.1) is 0 Å². The van der Waals surface area contributed by atoms with Gasteiger partial charge in [-0.05, 0) is 53.1 Å². The van der Waals surface area contributed by atoms with Crippen LogP contribution in [0.5, 0.6) is 51.7 Å². The highest BCUT2D eigenvalue weighted by molar-refractivity contribution is 5.57. The lowest BCUT2D eigenvalue weighted by Crippen LogP contribution is -2.60. The van der Waals surface area contributed by atoms with Crippen molar-refractivity contribution in [3.63, 3.8) is 0 Å². The first-order valence-corrected chi connectivity index (χ1v) is 21.6. The van der Waals surface area contributed by atoms with Gasteiger partial charge in [-0.1, -0.05) is 0 Å². The molecule has 0 aliphatic carbocycles. The number of hydrogen-bond donors (Lipinski definition) is 10. The average molecular weight is 969 g/mol. The minimum Gasteiger partial charge on any atom is -0.493 e. The van der Waals surface area contributed by atoms with Crippen LogP contribution in [0.2, 0.25) is 0 Å². The third-order valence-electron chi connectivity index (χ3n) is 12.7. The standard InChI is InChI=1S/C45H60O23/c1-56-23-7-18(8-24(57-2)42(23)67-44-37(54)35(52)33(50)30(14-47)65-44)32(49)29(13-46)64-41-25(58-3)9-19(10-26(41)59-4)39-21-16-63-40(22(21)17-62-39)20-11-27(60-5)43(28(12-20)61-6)68-45-38(55)36(53)34(51)31(15-48)66-45/h7-12,21-22,29-40,44-55H,13-17H2,1-6H3/t21-,22-,29+,30-,31-,32-,33-,34-,35+,36+,37-,38-,39-,40+,44+,45+/m1/s1. The molecule has 4 heterocycles. The van der Waals surface area contributed by atoms with Crippen LogP contribution < -0.4 is 42.6 Å². The van der Waals surface area contributed by atoms with Crippen LogP contribution in [0.15, 0.2) is 36.4 Å². The minimum absolute atomic E-state index is 0.0179. The Morgan fingerprint density at radius 2 is 0.853 bits per heavy atom. The molecular formula is C45H60O23. The maximum absolute atomic E-state index is 11.7. The molecule has 0 aromatic heterocycles. The first kappa shape index (κ1) is 51.2. The van der Waals surface area contributed by atoms with Crippen LogP contribution in [-0.2, 0) is 18.9 Å². The number of aliphatic hydroxyl groups is 10. The van der Waals surface area contributed by atoms with Gasteiger partial charge in [0.15, 0.2) is 40.6 Å². The Labute approximate surface area is 390 Å². The minimum atomic E-state index is -1.74. The second-order valence-electron chi connectivity index (χ2n) is 16.5. The summed E-state index contributed by atoms with van der Waals surface area (Å²) in [4.78, 5) is 0. The zero-order valence-corrected chi connectivity index (χ0v) is 38.0. The molecule has 23 nitrogen and oxygen atoms in total. The molecule has 4 saturated heterocycles.